The largest absolute Gasteiger partial charge is 0.378 e. The minimum absolute atomic E-state index is 0.463. The van der Waals surface area contributed by atoms with Crippen molar-refractivity contribution >= 4 is 11.3 Å². The Morgan fingerprint density at radius 3 is 2.88 bits per heavy atom. The Morgan fingerprint density at radius 1 is 1.38 bits per heavy atom. The molecule has 1 N–H and O–H groups in total. The summed E-state index contributed by atoms with van der Waals surface area (Å²) in [6, 6.07) is 0. The number of aromatic nitrogens is 2. The molecule has 0 saturated carbocycles. The van der Waals surface area contributed by atoms with Crippen LogP contribution < -0.4 is 5.32 Å². The van der Waals surface area contributed by atoms with Gasteiger partial charge in [0, 0.05) is 26.0 Å². The number of ether oxygens (including phenoxy) is 1. The van der Waals surface area contributed by atoms with Crippen LogP contribution in [0.4, 0.5) is 0 Å². The molecule has 0 aromatic carbocycles. The highest BCUT2D eigenvalue weighted by Gasteiger charge is 2.16. The molecule has 1 saturated heterocycles. The maximum atomic E-state index is 5.59. The molecule has 1 aromatic heterocycles. The van der Waals surface area contributed by atoms with E-state index in [0.29, 0.717) is 6.10 Å². The highest BCUT2D eigenvalue weighted by molar-refractivity contribution is 7.11. The van der Waals surface area contributed by atoms with E-state index in [1.54, 1.807) is 11.3 Å². The Labute approximate surface area is 100 Å². The summed E-state index contributed by atoms with van der Waals surface area (Å²) in [5.74, 6) is 0. The van der Waals surface area contributed by atoms with Gasteiger partial charge in [-0.2, -0.15) is 0 Å². The zero-order chi connectivity index (χ0) is 11.2. The summed E-state index contributed by atoms with van der Waals surface area (Å²) in [6.45, 7) is 1.91. The first-order valence-corrected chi connectivity index (χ1v) is 6.77. The quantitative estimate of drug-likeness (QED) is 0.818. The molecule has 0 bridgehead atoms. The molecule has 1 aliphatic heterocycles. The number of aryl methyl sites for hydroxylation is 1. The summed E-state index contributed by atoms with van der Waals surface area (Å²) in [5, 5.41) is 13.8. The molecule has 0 radical (unpaired) electrons. The highest BCUT2D eigenvalue weighted by Crippen LogP contribution is 2.19. The van der Waals surface area contributed by atoms with Crippen molar-refractivity contribution in [1.29, 1.82) is 0 Å². The van der Waals surface area contributed by atoms with Crippen molar-refractivity contribution in [1.82, 2.24) is 15.5 Å². The summed E-state index contributed by atoms with van der Waals surface area (Å²) in [5.41, 5.74) is 0. The van der Waals surface area contributed by atoms with Crippen LogP contribution in [0.2, 0.25) is 0 Å². The molecule has 4 nitrogen and oxygen atoms in total. The second-order valence-electron chi connectivity index (χ2n) is 4.12. The van der Waals surface area contributed by atoms with E-state index in [2.05, 4.69) is 15.5 Å². The van der Waals surface area contributed by atoms with Crippen LogP contribution in [0.15, 0.2) is 0 Å². The Hall–Kier alpha value is -0.520. The molecule has 1 atom stereocenters. The van der Waals surface area contributed by atoms with Gasteiger partial charge in [-0.15, -0.1) is 21.5 Å². The summed E-state index contributed by atoms with van der Waals surface area (Å²) < 4.78 is 5.59. The van der Waals surface area contributed by atoms with E-state index < -0.39 is 0 Å². The maximum absolute atomic E-state index is 5.59. The van der Waals surface area contributed by atoms with Crippen LogP contribution in [0.3, 0.4) is 0 Å². The molecular formula is C11H19N3OS. The van der Waals surface area contributed by atoms with Gasteiger partial charge in [-0.3, -0.25) is 0 Å². The number of hydrogen-bond acceptors (Lipinski definition) is 5. The molecule has 2 heterocycles. The molecule has 0 aliphatic carbocycles. The van der Waals surface area contributed by atoms with Crippen LogP contribution in [0, 0.1) is 0 Å². The second kappa shape index (κ2) is 6.27. The molecule has 1 fully saturated rings. The third kappa shape index (κ3) is 3.50. The fourth-order valence-electron chi connectivity index (χ4n) is 1.88. The van der Waals surface area contributed by atoms with Gasteiger partial charge in [-0.1, -0.05) is 0 Å². The maximum Gasteiger partial charge on any atom is 0.118 e. The monoisotopic (exact) mass is 241 g/mol. The molecule has 0 amide bonds. The molecule has 0 spiro atoms. The second-order valence-corrected chi connectivity index (χ2v) is 5.26. The standard InChI is InChI=1S/C11H19N3OS/c1-12-7-6-11-14-13-10(16-11)5-4-9-3-2-8-15-9/h9,12H,2-8H2,1H3. The number of nitrogens with zero attached hydrogens (tertiary/aromatic N) is 2. The van der Waals surface area contributed by atoms with Crippen LogP contribution in [0.5, 0.6) is 0 Å². The van der Waals surface area contributed by atoms with Crippen molar-refractivity contribution in [3.63, 3.8) is 0 Å². The molecule has 16 heavy (non-hydrogen) atoms. The molecule has 90 valence electrons. The van der Waals surface area contributed by atoms with Crippen molar-refractivity contribution in [2.24, 2.45) is 0 Å². The fourth-order valence-corrected chi connectivity index (χ4v) is 2.74. The van der Waals surface area contributed by atoms with Gasteiger partial charge in [0.15, 0.2) is 0 Å². The van der Waals surface area contributed by atoms with E-state index in [1.807, 2.05) is 7.05 Å². The van der Waals surface area contributed by atoms with Crippen LogP contribution in [0.1, 0.15) is 29.3 Å². The van der Waals surface area contributed by atoms with Gasteiger partial charge in [-0.05, 0) is 26.3 Å². The third-order valence-corrected chi connectivity index (χ3v) is 3.84. The molecular weight excluding hydrogens is 222 g/mol. The van der Waals surface area contributed by atoms with Crippen LogP contribution in [0.25, 0.3) is 0 Å². The average Bonchev–Trinajstić information content (AvgIpc) is 2.95. The zero-order valence-corrected chi connectivity index (χ0v) is 10.6. The smallest absolute Gasteiger partial charge is 0.118 e. The first-order valence-electron chi connectivity index (χ1n) is 5.96. The van der Waals surface area contributed by atoms with E-state index in [0.717, 1.165) is 42.4 Å². The summed E-state index contributed by atoms with van der Waals surface area (Å²) in [6.07, 6.45) is 5.99. The van der Waals surface area contributed by atoms with Gasteiger partial charge in [0.2, 0.25) is 0 Å². The van der Waals surface area contributed by atoms with Crippen molar-refractivity contribution in [3.8, 4) is 0 Å². The van der Waals surface area contributed by atoms with Crippen molar-refractivity contribution in [3.05, 3.63) is 10.0 Å². The number of hydrogen-bond donors (Lipinski definition) is 1. The van der Waals surface area contributed by atoms with Crippen LogP contribution in [-0.4, -0.2) is 36.5 Å². The van der Waals surface area contributed by atoms with Crippen molar-refractivity contribution in [2.45, 2.75) is 38.2 Å². The molecule has 1 unspecified atom stereocenters. The minimum Gasteiger partial charge on any atom is -0.378 e. The molecule has 1 aromatic rings. The SMILES string of the molecule is CNCCc1nnc(CCC2CCCO2)s1. The van der Waals surface area contributed by atoms with Crippen LogP contribution >= 0.6 is 11.3 Å². The normalized spacial score (nSPS) is 20.4. The number of nitrogens with one attached hydrogen (secondary N) is 1. The van der Waals surface area contributed by atoms with Gasteiger partial charge in [-0.25, -0.2) is 0 Å². The molecule has 5 heteroatoms. The van der Waals surface area contributed by atoms with Gasteiger partial charge in [0.1, 0.15) is 10.0 Å². The van der Waals surface area contributed by atoms with Crippen molar-refractivity contribution < 1.29 is 4.74 Å². The topological polar surface area (TPSA) is 47.0 Å². The van der Waals surface area contributed by atoms with E-state index in [-0.39, 0.29) is 0 Å². The van der Waals surface area contributed by atoms with Crippen molar-refractivity contribution in [2.75, 3.05) is 20.2 Å². The average molecular weight is 241 g/mol. The number of likely N-dealkylation sites (N-methyl/N-ethyl adjacent to an activating group) is 1. The molecule has 1 aliphatic rings. The van der Waals surface area contributed by atoms with Crippen LogP contribution in [-0.2, 0) is 17.6 Å². The lowest BCUT2D eigenvalue weighted by molar-refractivity contribution is 0.104. The lowest BCUT2D eigenvalue weighted by Crippen LogP contribution is -2.09. The van der Waals surface area contributed by atoms with E-state index in [9.17, 15) is 0 Å². The predicted octanol–water partition coefficient (Wildman–Crippen LogP) is 1.41. The lowest BCUT2D eigenvalue weighted by atomic mass is 10.1. The Morgan fingerprint density at radius 2 is 2.19 bits per heavy atom. The Balaban J connectivity index is 1.73. The predicted molar refractivity (Wildman–Crippen MR) is 64.8 cm³/mol. The van der Waals surface area contributed by atoms with E-state index in [1.165, 1.54) is 12.8 Å². The van der Waals surface area contributed by atoms with Gasteiger partial charge in [0.05, 0.1) is 6.10 Å². The zero-order valence-electron chi connectivity index (χ0n) is 9.74. The highest BCUT2D eigenvalue weighted by atomic mass is 32.1. The van der Waals surface area contributed by atoms with E-state index >= 15 is 0 Å². The third-order valence-electron chi connectivity index (χ3n) is 2.80. The number of rotatable bonds is 6. The first-order chi connectivity index (χ1) is 7.88. The minimum atomic E-state index is 0.463. The summed E-state index contributed by atoms with van der Waals surface area (Å²) >= 11 is 1.74. The van der Waals surface area contributed by atoms with Gasteiger partial charge >= 0.3 is 0 Å². The summed E-state index contributed by atoms with van der Waals surface area (Å²) in [4.78, 5) is 0. The molecule has 2 rings (SSSR count). The summed E-state index contributed by atoms with van der Waals surface area (Å²) in [7, 11) is 1.96. The van der Waals surface area contributed by atoms with E-state index in [4.69, 9.17) is 4.74 Å². The first kappa shape index (κ1) is 12.0. The fraction of sp³-hybridized carbons (Fsp3) is 0.818. The lowest BCUT2D eigenvalue weighted by Gasteiger charge is -2.06. The van der Waals surface area contributed by atoms with Gasteiger partial charge in [0.25, 0.3) is 0 Å². The van der Waals surface area contributed by atoms with Gasteiger partial charge < -0.3 is 10.1 Å². The Kier molecular flexibility index (Phi) is 4.69. The Bertz CT molecular complexity index is 310.